The molecule has 3 aromatic heterocycles. The van der Waals surface area contributed by atoms with Gasteiger partial charge in [-0.2, -0.15) is 0 Å². The lowest BCUT2D eigenvalue weighted by atomic mass is 10.1. The smallest absolute Gasteiger partial charge is 0.227 e. The first-order valence-corrected chi connectivity index (χ1v) is 19.7. The number of hydrogen-bond acceptors (Lipinski definition) is 6. The van der Waals surface area contributed by atoms with Gasteiger partial charge in [0.2, 0.25) is 5.89 Å². The summed E-state index contributed by atoms with van der Waals surface area (Å²) in [6, 6.07) is 69.1. The molecule has 6 nitrogen and oxygen atoms in total. The quantitative estimate of drug-likeness (QED) is 0.161. The van der Waals surface area contributed by atoms with Crippen molar-refractivity contribution in [3.63, 3.8) is 0 Å². The highest BCUT2D eigenvalue weighted by Gasteiger charge is 2.25. The summed E-state index contributed by atoms with van der Waals surface area (Å²) < 4.78 is 19.5. The average Bonchev–Trinajstić information content (AvgIpc) is 4.01. The fourth-order valence-electron chi connectivity index (χ4n) is 8.48. The molecule has 59 heavy (non-hydrogen) atoms. The zero-order valence-corrected chi connectivity index (χ0v) is 31.6. The Morgan fingerprint density at radius 3 is 1.54 bits per heavy atom. The van der Waals surface area contributed by atoms with E-state index in [4.69, 9.17) is 18.2 Å². The number of benzene rings is 9. The molecule has 0 aliphatic heterocycles. The molecule has 0 aliphatic carbocycles. The summed E-state index contributed by atoms with van der Waals surface area (Å²) in [6.45, 7) is 0. The van der Waals surface area contributed by atoms with Crippen molar-refractivity contribution in [3.8, 4) is 11.5 Å². The number of hydrogen-bond donors (Lipinski definition) is 0. The van der Waals surface area contributed by atoms with Gasteiger partial charge in [-0.25, -0.2) is 4.98 Å². The first kappa shape index (κ1) is 33.1. The van der Waals surface area contributed by atoms with Crippen molar-refractivity contribution in [2.75, 3.05) is 9.80 Å². The van der Waals surface area contributed by atoms with Crippen LogP contribution in [0, 0.1) is 0 Å². The summed E-state index contributed by atoms with van der Waals surface area (Å²) in [5, 5.41) is 6.50. The zero-order chi connectivity index (χ0) is 38.9. The molecule has 0 aliphatic rings. The predicted octanol–water partition coefficient (Wildman–Crippen LogP) is 15.4. The largest absolute Gasteiger partial charge is 0.456 e. The second-order valence-corrected chi connectivity index (χ2v) is 14.8. The van der Waals surface area contributed by atoms with E-state index in [2.05, 4.69) is 174 Å². The number of para-hydroxylation sites is 4. The van der Waals surface area contributed by atoms with Crippen LogP contribution in [0.3, 0.4) is 0 Å². The molecule has 3 heterocycles. The summed E-state index contributed by atoms with van der Waals surface area (Å²) in [4.78, 5) is 9.81. The number of furan rings is 2. The lowest BCUT2D eigenvalue weighted by Crippen LogP contribution is -2.13. The van der Waals surface area contributed by atoms with E-state index in [1.54, 1.807) is 0 Å². The van der Waals surface area contributed by atoms with Crippen molar-refractivity contribution in [2.24, 2.45) is 0 Å². The first-order chi connectivity index (χ1) is 29.2. The van der Waals surface area contributed by atoms with Crippen LogP contribution in [0.15, 0.2) is 213 Å². The molecule has 6 heteroatoms. The Labute approximate surface area is 338 Å². The van der Waals surface area contributed by atoms with Crippen molar-refractivity contribution >= 4 is 99.9 Å². The average molecular weight is 760 g/mol. The van der Waals surface area contributed by atoms with Crippen LogP contribution < -0.4 is 9.80 Å². The van der Waals surface area contributed by atoms with E-state index in [-0.39, 0.29) is 0 Å². The van der Waals surface area contributed by atoms with Crippen LogP contribution in [0.5, 0.6) is 0 Å². The van der Waals surface area contributed by atoms with Gasteiger partial charge in [-0.1, -0.05) is 103 Å². The summed E-state index contributed by atoms with van der Waals surface area (Å²) in [6.07, 6.45) is 0. The number of anilines is 6. The molecule has 0 saturated heterocycles. The fraction of sp³-hybridized carbons (Fsp3) is 0. The molecule has 0 unspecified atom stereocenters. The van der Waals surface area contributed by atoms with Crippen molar-refractivity contribution in [1.29, 1.82) is 0 Å². The maximum absolute atomic E-state index is 6.94. The number of rotatable bonds is 7. The van der Waals surface area contributed by atoms with Gasteiger partial charge in [-0.15, -0.1) is 0 Å². The molecule has 0 amide bonds. The van der Waals surface area contributed by atoms with Crippen molar-refractivity contribution in [2.45, 2.75) is 0 Å². The maximum Gasteiger partial charge on any atom is 0.227 e. The van der Waals surface area contributed by atoms with E-state index in [1.165, 1.54) is 0 Å². The van der Waals surface area contributed by atoms with Crippen LogP contribution >= 0.6 is 0 Å². The molecule has 0 N–H and O–H groups in total. The van der Waals surface area contributed by atoms with Crippen LogP contribution in [0.2, 0.25) is 0 Å². The lowest BCUT2D eigenvalue weighted by Gasteiger charge is -2.29. The molecule has 0 saturated carbocycles. The van der Waals surface area contributed by atoms with Gasteiger partial charge in [0.1, 0.15) is 27.8 Å². The highest BCUT2D eigenvalue weighted by molar-refractivity contribution is 6.09. The van der Waals surface area contributed by atoms with E-state index in [1.807, 2.05) is 36.4 Å². The van der Waals surface area contributed by atoms with Gasteiger partial charge >= 0.3 is 0 Å². The molecule has 0 fully saturated rings. The summed E-state index contributed by atoms with van der Waals surface area (Å²) in [7, 11) is 0. The van der Waals surface area contributed by atoms with Gasteiger partial charge in [-0.3, -0.25) is 0 Å². The third kappa shape index (κ3) is 5.53. The Kier molecular flexibility index (Phi) is 7.43. The van der Waals surface area contributed by atoms with Crippen LogP contribution in [-0.2, 0) is 0 Å². The summed E-state index contributed by atoms with van der Waals surface area (Å²) >= 11 is 0. The van der Waals surface area contributed by atoms with Gasteiger partial charge in [0.15, 0.2) is 5.58 Å². The minimum atomic E-state index is 0.547. The number of fused-ring (bicyclic) bond motifs is 8. The number of nitrogens with zero attached hydrogens (tertiary/aromatic N) is 3. The normalized spacial score (nSPS) is 11.7. The fourth-order valence-corrected chi connectivity index (χ4v) is 8.48. The minimum Gasteiger partial charge on any atom is -0.456 e. The Balaban J connectivity index is 1.14. The van der Waals surface area contributed by atoms with Crippen molar-refractivity contribution in [1.82, 2.24) is 4.98 Å². The molecule has 0 atom stereocenters. The Hall–Kier alpha value is -8.09. The molecule has 0 radical (unpaired) electrons. The Morgan fingerprint density at radius 1 is 0.339 bits per heavy atom. The zero-order valence-electron chi connectivity index (χ0n) is 31.6. The van der Waals surface area contributed by atoms with E-state index in [0.29, 0.717) is 11.5 Å². The number of oxazole rings is 1. The second-order valence-electron chi connectivity index (χ2n) is 14.8. The molecule has 12 rings (SSSR count). The minimum absolute atomic E-state index is 0.547. The summed E-state index contributed by atoms with van der Waals surface area (Å²) in [5.41, 5.74) is 11.4. The van der Waals surface area contributed by atoms with Crippen LogP contribution in [0.1, 0.15) is 0 Å². The molecule has 9 aromatic carbocycles. The monoisotopic (exact) mass is 759 g/mol. The van der Waals surface area contributed by atoms with Gasteiger partial charge in [0, 0.05) is 49.9 Å². The van der Waals surface area contributed by atoms with Gasteiger partial charge in [-0.05, 0) is 108 Å². The van der Waals surface area contributed by atoms with Crippen molar-refractivity contribution < 1.29 is 13.3 Å². The van der Waals surface area contributed by atoms with E-state index in [9.17, 15) is 0 Å². The third-order valence-corrected chi connectivity index (χ3v) is 11.2. The summed E-state index contributed by atoms with van der Waals surface area (Å²) in [5.74, 6) is 0.547. The molecule has 12 aromatic rings. The van der Waals surface area contributed by atoms with Crippen LogP contribution in [-0.4, -0.2) is 4.98 Å². The molecule has 0 spiro atoms. The second kappa shape index (κ2) is 13.3. The van der Waals surface area contributed by atoms with E-state index >= 15 is 0 Å². The van der Waals surface area contributed by atoms with Crippen LogP contribution in [0.4, 0.5) is 34.1 Å². The van der Waals surface area contributed by atoms with Crippen LogP contribution in [0.25, 0.3) is 77.2 Å². The number of aromatic nitrogens is 1. The SMILES string of the molecule is c1ccc(N(c2cc(N(c3ccccc3)c3ccc4oc5ccccc5c4c3)c3oc(-c4ccc5ccccc5c4)nc3c2)c2ccc3oc4ccccc4c3c2)cc1. The molecular weight excluding hydrogens is 727 g/mol. The van der Waals surface area contributed by atoms with Gasteiger partial charge in [0.05, 0.1) is 11.4 Å². The van der Waals surface area contributed by atoms with E-state index in [0.717, 1.165) is 99.9 Å². The van der Waals surface area contributed by atoms with Crippen molar-refractivity contribution in [3.05, 3.63) is 200 Å². The molecule has 0 bridgehead atoms. The van der Waals surface area contributed by atoms with Gasteiger partial charge < -0.3 is 23.1 Å². The topological polar surface area (TPSA) is 58.8 Å². The third-order valence-electron chi connectivity index (χ3n) is 11.2. The maximum atomic E-state index is 6.94. The van der Waals surface area contributed by atoms with E-state index < -0.39 is 0 Å². The molecule has 278 valence electrons. The standard InChI is InChI=1S/C53H33N3O3/c1-3-15-37(16-4-1)55(39-25-27-50-44(30-39)42-19-9-11-21-48(42)57-50)41-32-46-52(59-53(54-46)36-24-23-34-13-7-8-14-35(34)29-36)47(33-41)56(38-17-5-2-6-18-38)40-26-28-51-45(31-40)43-20-10-12-22-49(43)58-51/h1-33H. The predicted molar refractivity (Wildman–Crippen MR) is 241 cm³/mol. The Bertz CT molecular complexity index is 3530. The highest BCUT2D eigenvalue weighted by Crippen LogP contribution is 2.47. The van der Waals surface area contributed by atoms with Gasteiger partial charge in [0.25, 0.3) is 0 Å². The lowest BCUT2D eigenvalue weighted by molar-refractivity contribution is 0.620. The Morgan fingerprint density at radius 2 is 0.881 bits per heavy atom. The highest BCUT2D eigenvalue weighted by atomic mass is 16.4. The molecular formula is C53H33N3O3. The first-order valence-electron chi connectivity index (χ1n) is 19.7.